The molecular formula is C25H42N4. The lowest BCUT2D eigenvalue weighted by Gasteiger charge is -2.30. The van der Waals surface area contributed by atoms with E-state index in [0.717, 1.165) is 29.1 Å². The van der Waals surface area contributed by atoms with Gasteiger partial charge in [-0.1, -0.05) is 96.8 Å². The second-order valence-corrected chi connectivity index (χ2v) is 6.82. The first-order chi connectivity index (χ1) is 13.9. The zero-order chi connectivity index (χ0) is 22.4. The molecule has 3 rings (SSSR count). The maximum absolute atomic E-state index is 6.47. The summed E-state index contributed by atoms with van der Waals surface area (Å²) in [7, 11) is 3.91. The Morgan fingerprint density at radius 2 is 1.31 bits per heavy atom. The van der Waals surface area contributed by atoms with Gasteiger partial charge in [0.15, 0.2) is 0 Å². The number of nitrogens with two attached hydrogens (primary N) is 2. The molecule has 1 aliphatic heterocycles. The molecule has 0 spiro atoms. The van der Waals surface area contributed by atoms with Crippen LogP contribution in [0.2, 0.25) is 0 Å². The number of anilines is 1. The molecule has 0 amide bonds. The molecule has 0 fully saturated rings. The maximum atomic E-state index is 6.47. The van der Waals surface area contributed by atoms with Gasteiger partial charge >= 0.3 is 0 Å². The van der Waals surface area contributed by atoms with Gasteiger partial charge in [-0.2, -0.15) is 0 Å². The summed E-state index contributed by atoms with van der Waals surface area (Å²) < 4.78 is 0. The van der Waals surface area contributed by atoms with Gasteiger partial charge in [0.25, 0.3) is 0 Å². The van der Waals surface area contributed by atoms with E-state index in [1.165, 1.54) is 18.4 Å². The molecule has 162 valence electrons. The van der Waals surface area contributed by atoms with Gasteiger partial charge < -0.3 is 15.6 Å². The fraction of sp³-hybridized carbons (Fsp3) is 0.440. The van der Waals surface area contributed by atoms with Gasteiger partial charge in [-0.25, -0.2) is 5.84 Å². The molecule has 0 aromatic heterocycles. The molecule has 0 unspecified atom stereocenters. The number of benzene rings is 2. The average Bonchev–Trinajstić information content (AvgIpc) is 2.71. The molecule has 0 saturated carbocycles. The quantitative estimate of drug-likeness (QED) is 0.451. The lowest BCUT2D eigenvalue weighted by atomic mass is 9.96. The molecule has 2 aromatic carbocycles. The smallest absolute Gasteiger partial charge is 0.0826 e. The molecule has 0 radical (unpaired) electrons. The maximum Gasteiger partial charge on any atom is 0.0826 e. The van der Waals surface area contributed by atoms with Crippen molar-refractivity contribution in [1.29, 1.82) is 0 Å². The Balaban J connectivity index is 0.000000858. The van der Waals surface area contributed by atoms with E-state index >= 15 is 0 Å². The molecular weight excluding hydrogens is 356 g/mol. The van der Waals surface area contributed by atoms with E-state index in [-0.39, 0.29) is 0 Å². The van der Waals surface area contributed by atoms with Crippen molar-refractivity contribution in [3.05, 3.63) is 65.2 Å². The molecule has 2 aromatic rings. The molecule has 4 N–H and O–H groups in total. The molecule has 0 atom stereocenters. The standard InChI is InChI=1S/C17H20N4.2C3H8.C2H6/c1-20-11-12-7-3-4-8-13(12)17(21(2)19)16(18)14-9-5-6-10-15(14)20;2*1-3-2;1-2/h3-10H,11,18-19H2,1-2H3;2*3H2,1-2H3;1-2H3/b17-16-;;;. The molecule has 0 saturated heterocycles. The molecule has 0 aliphatic carbocycles. The van der Waals surface area contributed by atoms with Gasteiger partial charge in [0, 0.05) is 37.5 Å². The topological polar surface area (TPSA) is 58.5 Å². The van der Waals surface area contributed by atoms with Crippen molar-refractivity contribution < 1.29 is 0 Å². The third kappa shape index (κ3) is 7.47. The Labute approximate surface area is 179 Å². The minimum atomic E-state index is 0.703. The summed E-state index contributed by atoms with van der Waals surface area (Å²) in [5.41, 5.74) is 12.5. The van der Waals surface area contributed by atoms with Crippen LogP contribution in [0.15, 0.2) is 48.5 Å². The highest BCUT2D eigenvalue weighted by Crippen LogP contribution is 2.34. The van der Waals surface area contributed by atoms with E-state index in [4.69, 9.17) is 11.6 Å². The van der Waals surface area contributed by atoms with Crippen molar-refractivity contribution in [2.24, 2.45) is 11.6 Å². The van der Waals surface area contributed by atoms with Gasteiger partial charge in [-0.15, -0.1) is 0 Å². The van der Waals surface area contributed by atoms with E-state index in [0.29, 0.717) is 5.70 Å². The third-order valence-corrected chi connectivity index (χ3v) is 3.89. The Bertz CT molecular complexity index is 733. The average molecular weight is 399 g/mol. The Kier molecular flexibility index (Phi) is 13.3. The zero-order valence-corrected chi connectivity index (χ0v) is 19.8. The van der Waals surface area contributed by atoms with Crippen LogP contribution in [0.5, 0.6) is 0 Å². The summed E-state index contributed by atoms with van der Waals surface area (Å²) in [6.07, 6.45) is 2.50. The van der Waals surface area contributed by atoms with Crippen LogP contribution in [0, 0.1) is 0 Å². The highest BCUT2D eigenvalue weighted by Gasteiger charge is 2.21. The Morgan fingerprint density at radius 3 is 1.83 bits per heavy atom. The van der Waals surface area contributed by atoms with E-state index in [1.807, 2.05) is 51.2 Å². The first kappa shape index (κ1) is 26.5. The summed E-state index contributed by atoms with van der Waals surface area (Å²) in [6.45, 7) is 13.3. The SMILES string of the molecule is CC.CCC.CCC.CN(N)/C1=C(\N)c2ccccc2N(C)Cc2ccccc21. The van der Waals surface area contributed by atoms with Gasteiger partial charge in [-0.05, 0) is 11.6 Å². The molecule has 29 heavy (non-hydrogen) atoms. The second-order valence-electron chi connectivity index (χ2n) is 6.82. The summed E-state index contributed by atoms with van der Waals surface area (Å²) in [6, 6.07) is 16.4. The third-order valence-electron chi connectivity index (χ3n) is 3.89. The fourth-order valence-electron chi connectivity index (χ4n) is 2.92. The van der Waals surface area contributed by atoms with E-state index < -0.39 is 0 Å². The van der Waals surface area contributed by atoms with Crippen molar-refractivity contribution in [3.8, 4) is 0 Å². The second kappa shape index (κ2) is 14.5. The van der Waals surface area contributed by atoms with Gasteiger partial charge in [-0.3, -0.25) is 0 Å². The number of fused-ring (bicyclic) bond motifs is 2. The van der Waals surface area contributed by atoms with Crippen molar-refractivity contribution in [3.63, 3.8) is 0 Å². The van der Waals surface area contributed by atoms with Gasteiger partial charge in [0.2, 0.25) is 0 Å². The van der Waals surface area contributed by atoms with Gasteiger partial charge in [0.1, 0.15) is 0 Å². The minimum absolute atomic E-state index is 0.703. The minimum Gasteiger partial charge on any atom is -0.396 e. The lowest BCUT2D eigenvalue weighted by molar-refractivity contribution is 0.510. The van der Waals surface area contributed by atoms with Crippen LogP contribution in [0.4, 0.5) is 5.69 Å². The van der Waals surface area contributed by atoms with Crippen molar-refractivity contribution in [1.82, 2.24) is 5.01 Å². The summed E-state index contributed by atoms with van der Waals surface area (Å²) in [5.74, 6) is 6.07. The largest absolute Gasteiger partial charge is 0.396 e. The molecule has 4 heteroatoms. The number of hydrogen-bond donors (Lipinski definition) is 2. The van der Waals surface area contributed by atoms with Crippen LogP contribution in [0.3, 0.4) is 0 Å². The summed E-state index contributed by atoms with van der Waals surface area (Å²) in [5, 5.41) is 1.61. The van der Waals surface area contributed by atoms with Crippen LogP contribution in [-0.4, -0.2) is 19.1 Å². The van der Waals surface area contributed by atoms with Crippen LogP contribution >= 0.6 is 0 Å². The summed E-state index contributed by atoms with van der Waals surface area (Å²) >= 11 is 0. The van der Waals surface area contributed by atoms with E-state index in [1.54, 1.807) is 5.01 Å². The number of hydrazine groups is 1. The molecule has 1 heterocycles. The highest BCUT2D eigenvalue weighted by molar-refractivity contribution is 5.93. The molecule has 4 nitrogen and oxygen atoms in total. The molecule has 0 bridgehead atoms. The Morgan fingerprint density at radius 1 is 0.862 bits per heavy atom. The number of rotatable bonds is 1. The normalized spacial score (nSPS) is 14.2. The predicted octanol–water partition coefficient (Wildman–Crippen LogP) is 6.09. The molecule has 1 aliphatic rings. The summed E-state index contributed by atoms with van der Waals surface area (Å²) in [4.78, 5) is 2.22. The van der Waals surface area contributed by atoms with Crippen LogP contribution < -0.4 is 16.5 Å². The van der Waals surface area contributed by atoms with Crippen molar-refractivity contribution >= 4 is 17.1 Å². The number of para-hydroxylation sites is 1. The van der Waals surface area contributed by atoms with Gasteiger partial charge in [0.05, 0.1) is 11.4 Å². The van der Waals surface area contributed by atoms with Crippen molar-refractivity contribution in [2.45, 2.75) is 60.9 Å². The van der Waals surface area contributed by atoms with Crippen LogP contribution in [0.25, 0.3) is 11.4 Å². The zero-order valence-electron chi connectivity index (χ0n) is 19.8. The fourth-order valence-corrected chi connectivity index (χ4v) is 2.92. The van der Waals surface area contributed by atoms with Crippen molar-refractivity contribution in [2.75, 3.05) is 19.0 Å². The van der Waals surface area contributed by atoms with E-state index in [9.17, 15) is 0 Å². The Hall–Kier alpha value is -2.46. The number of nitrogens with zero attached hydrogens (tertiary/aromatic N) is 2. The monoisotopic (exact) mass is 398 g/mol. The number of hydrogen-bond acceptors (Lipinski definition) is 4. The first-order valence-corrected chi connectivity index (χ1v) is 10.8. The predicted molar refractivity (Wildman–Crippen MR) is 131 cm³/mol. The highest BCUT2D eigenvalue weighted by atomic mass is 15.4. The van der Waals surface area contributed by atoms with Crippen LogP contribution in [-0.2, 0) is 6.54 Å². The first-order valence-electron chi connectivity index (χ1n) is 10.8. The lowest BCUT2D eigenvalue weighted by Crippen LogP contribution is -2.30. The van der Waals surface area contributed by atoms with Crippen LogP contribution in [0.1, 0.15) is 71.1 Å². The van der Waals surface area contributed by atoms with E-state index in [2.05, 4.69) is 57.8 Å².